The van der Waals surface area contributed by atoms with E-state index < -0.39 is 35.4 Å². The molecule has 0 bridgehead atoms. The molecular formula is C14H10Cl4N2O4S. The second kappa shape index (κ2) is 7.65. The van der Waals surface area contributed by atoms with Gasteiger partial charge in [0, 0.05) is 11.1 Å². The Morgan fingerprint density at radius 1 is 1.04 bits per heavy atom. The summed E-state index contributed by atoms with van der Waals surface area (Å²) in [6.45, 7) is 0. The Morgan fingerprint density at radius 3 is 2.12 bits per heavy atom. The maximum absolute atomic E-state index is 12.6. The molecule has 6 nitrogen and oxygen atoms in total. The Balaban J connectivity index is 2.49. The number of nitrogens with zero attached hydrogens (tertiary/aromatic N) is 1. The van der Waals surface area contributed by atoms with Crippen LogP contribution in [0, 0.1) is 10.1 Å². The van der Waals surface area contributed by atoms with E-state index in [2.05, 4.69) is 4.72 Å². The van der Waals surface area contributed by atoms with E-state index in [9.17, 15) is 18.5 Å². The van der Waals surface area contributed by atoms with Crippen molar-refractivity contribution < 1.29 is 13.3 Å². The third-order valence-electron chi connectivity index (χ3n) is 3.16. The maximum Gasteiger partial charge on any atom is 0.289 e. The third-order valence-corrected chi connectivity index (χ3v) is 5.53. The van der Waals surface area contributed by atoms with Gasteiger partial charge in [-0.2, -0.15) is 4.72 Å². The van der Waals surface area contributed by atoms with Crippen molar-refractivity contribution in [2.24, 2.45) is 0 Å². The first-order valence-corrected chi connectivity index (χ1v) is 9.60. The van der Waals surface area contributed by atoms with Gasteiger partial charge >= 0.3 is 0 Å². The van der Waals surface area contributed by atoms with Crippen molar-refractivity contribution in [1.29, 1.82) is 0 Å². The smallest absolute Gasteiger partial charge is 0.258 e. The van der Waals surface area contributed by atoms with Crippen LogP contribution in [0.4, 0.5) is 5.69 Å². The van der Waals surface area contributed by atoms with Crippen LogP contribution in [-0.4, -0.2) is 17.1 Å². The van der Waals surface area contributed by atoms with Crippen molar-refractivity contribution in [2.75, 3.05) is 0 Å². The Hall–Kier alpha value is -1.09. The minimum Gasteiger partial charge on any atom is -0.258 e. The number of alkyl halides is 3. The fourth-order valence-electron chi connectivity index (χ4n) is 2.03. The zero-order valence-electron chi connectivity index (χ0n) is 12.2. The van der Waals surface area contributed by atoms with E-state index in [0.717, 1.165) is 12.1 Å². The van der Waals surface area contributed by atoms with Gasteiger partial charge in [0.2, 0.25) is 13.8 Å². The second-order valence-electron chi connectivity index (χ2n) is 4.87. The standard InChI is InChI=1S/C14H10Cl4N2O4S/c15-10-7-5-9(6-8-10)13(14(16,17)18)19-25(23,24)12-4-2-1-3-11(12)20(21)22/h1-8,13,19H. The van der Waals surface area contributed by atoms with Gasteiger partial charge in [-0.1, -0.05) is 70.7 Å². The lowest BCUT2D eigenvalue weighted by atomic mass is 10.1. The fraction of sp³-hybridized carbons (Fsp3) is 0.143. The Kier molecular flexibility index (Phi) is 6.19. The van der Waals surface area contributed by atoms with Crippen LogP contribution in [-0.2, 0) is 10.0 Å². The molecule has 0 saturated carbocycles. The van der Waals surface area contributed by atoms with E-state index in [1.807, 2.05) is 0 Å². The van der Waals surface area contributed by atoms with Crippen molar-refractivity contribution in [1.82, 2.24) is 4.72 Å². The number of hydrogen-bond donors (Lipinski definition) is 1. The average molecular weight is 444 g/mol. The molecular weight excluding hydrogens is 434 g/mol. The lowest BCUT2D eigenvalue weighted by Gasteiger charge is -2.25. The van der Waals surface area contributed by atoms with Crippen LogP contribution >= 0.6 is 46.4 Å². The molecule has 0 aromatic heterocycles. The summed E-state index contributed by atoms with van der Waals surface area (Å²) in [7, 11) is -4.35. The van der Waals surface area contributed by atoms with Gasteiger partial charge in [-0.05, 0) is 23.8 Å². The van der Waals surface area contributed by atoms with Crippen LogP contribution in [0.1, 0.15) is 11.6 Å². The van der Waals surface area contributed by atoms with E-state index in [-0.39, 0.29) is 0 Å². The molecule has 0 spiro atoms. The van der Waals surface area contributed by atoms with Gasteiger partial charge in [0.1, 0.15) is 0 Å². The Bertz CT molecular complexity index is 882. The van der Waals surface area contributed by atoms with Gasteiger partial charge in [0.25, 0.3) is 5.69 Å². The number of nitro groups is 1. The summed E-state index contributed by atoms with van der Waals surface area (Å²) in [4.78, 5) is 9.74. The molecule has 0 heterocycles. The first-order valence-electron chi connectivity index (χ1n) is 6.60. The summed E-state index contributed by atoms with van der Waals surface area (Å²) in [5.41, 5.74) is -0.263. The molecule has 1 N–H and O–H groups in total. The zero-order valence-corrected chi connectivity index (χ0v) is 16.0. The number of sulfonamides is 1. The molecule has 2 rings (SSSR count). The SMILES string of the molecule is O=[N+]([O-])c1ccccc1S(=O)(=O)NC(c1ccc(Cl)cc1)C(Cl)(Cl)Cl. The molecule has 2 aromatic rings. The van der Waals surface area contributed by atoms with Gasteiger partial charge in [-0.15, -0.1) is 0 Å². The van der Waals surface area contributed by atoms with Crippen LogP contribution in [0.15, 0.2) is 53.4 Å². The third kappa shape index (κ3) is 4.97. The molecule has 25 heavy (non-hydrogen) atoms. The molecule has 0 aliphatic heterocycles. The van der Waals surface area contributed by atoms with Crippen molar-refractivity contribution in [3.8, 4) is 0 Å². The van der Waals surface area contributed by atoms with Gasteiger partial charge in [0.15, 0.2) is 4.90 Å². The van der Waals surface area contributed by atoms with Crippen LogP contribution in [0.3, 0.4) is 0 Å². The predicted molar refractivity (Wildman–Crippen MR) is 97.9 cm³/mol. The highest BCUT2D eigenvalue weighted by atomic mass is 35.6. The Morgan fingerprint density at radius 2 is 1.60 bits per heavy atom. The summed E-state index contributed by atoms with van der Waals surface area (Å²) in [6.07, 6.45) is 0. The van der Waals surface area contributed by atoms with Gasteiger partial charge in [0.05, 0.1) is 11.0 Å². The molecule has 134 valence electrons. The summed E-state index contributed by atoms with van der Waals surface area (Å²) >= 11 is 23.5. The lowest BCUT2D eigenvalue weighted by molar-refractivity contribution is -0.387. The molecule has 11 heteroatoms. The van der Waals surface area contributed by atoms with E-state index >= 15 is 0 Å². The molecule has 0 saturated heterocycles. The number of rotatable bonds is 5. The molecule has 1 atom stereocenters. The lowest BCUT2D eigenvalue weighted by Crippen LogP contribution is -2.36. The minimum absolute atomic E-state index is 0.326. The highest BCUT2D eigenvalue weighted by Crippen LogP contribution is 2.41. The van der Waals surface area contributed by atoms with E-state index in [0.29, 0.717) is 10.6 Å². The van der Waals surface area contributed by atoms with E-state index in [1.54, 1.807) is 0 Å². The number of nitro benzene ring substituents is 1. The number of nitrogens with one attached hydrogen (secondary N) is 1. The topological polar surface area (TPSA) is 89.3 Å². The van der Waals surface area contributed by atoms with Crippen molar-refractivity contribution in [3.05, 3.63) is 69.2 Å². The van der Waals surface area contributed by atoms with Gasteiger partial charge in [-0.25, -0.2) is 8.42 Å². The normalized spacial score (nSPS) is 13.4. The predicted octanol–water partition coefficient (Wildman–Crippen LogP) is 4.64. The fourth-order valence-corrected chi connectivity index (χ4v) is 4.32. The average Bonchev–Trinajstić information content (AvgIpc) is 2.52. The van der Waals surface area contributed by atoms with E-state index in [4.69, 9.17) is 46.4 Å². The first-order chi connectivity index (χ1) is 11.5. The first kappa shape index (κ1) is 20.2. The summed E-state index contributed by atoms with van der Waals surface area (Å²) in [5.74, 6) is 0. The summed E-state index contributed by atoms with van der Waals surface area (Å²) in [5, 5.41) is 11.5. The molecule has 0 amide bonds. The van der Waals surface area contributed by atoms with Crippen molar-refractivity contribution in [2.45, 2.75) is 14.7 Å². The summed E-state index contributed by atoms with van der Waals surface area (Å²) in [6, 6.07) is 9.54. The molecule has 0 aliphatic carbocycles. The highest BCUT2D eigenvalue weighted by molar-refractivity contribution is 7.89. The number of hydrogen-bond acceptors (Lipinski definition) is 4. The highest BCUT2D eigenvalue weighted by Gasteiger charge is 2.39. The monoisotopic (exact) mass is 442 g/mol. The molecule has 0 radical (unpaired) electrons. The molecule has 1 unspecified atom stereocenters. The van der Waals surface area contributed by atoms with Crippen LogP contribution in [0.2, 0.25) is 5.02 Å². The Labute approximate surface area is 163 Å². The molecule has 0 aliphatic rings. The number of benzene rings is 2. The van der Waals surface area contributed by atoms with Crippen molar-refractivity contribution in [3.63, 3.8) is 0 Å². The maximum atomic E-state index is 12.6. The molecule has 0 fully saturated rings. The van der Waals surface area contributed by atoms with Crippen molar-refractivity contribution >= 4 is 62.1 Å². The number of halogens is 4. The van der Waals surface area contributed by atoms with Crippen LogP contribution in [0.25, 0.3) is 0 Å². The van der Waals surface area contributed by atoms with E-state index in [1.165, 1.54) is 36.4 Å². The second-order valence-corrected chi connectivity index (χ2v) is 9.36. The van der Waals surface area contributed by atoms with Gasteiger partial charge in [-0.3, -0.25) is 10.1 Å². The van der Waals surface area contributed by atoms with Crippen LogP contribution in [0.5, 0.6) is 0 Å². The minimum atomic E-state index is -4.35. The number of para-hydroxylation sites is 1. The van der Waals surface area contributed by atoms with Crippen LogP contribution < -0.4 is 4.72 Å². The zero-order chi connectivity index (χ0) is 18.8. The van der Waals surface area contributed by atoms with Gasteiger partial charge < -0.3 is 0 Å². The molecule has 2 aromatic carbocycles. The largest absolute Gasteiger partial charge is 0.289 e. The quantitative estimate of drug-likeness (QED) is 0.414. The summed E-state index contributed by atoms with van der Waals surface area (Å²) < 4.78 is 25.4.